The fraction of sp³-hybridized carbons (Fsp3) is 0.938. The first kappa shape index (κ1) is 23.2. The molecule has 0 radical (unpaired) electrons. The third-order valence-corrected chi connectivity index (χ3v) is 2.77. The van der Waals surface area contributed by atoms with Gasteiger partial charge in [0, 0.05) is 26.1 Å². The topological polar surface area (TPSA) is 101 Å². The van der Waals surface area contributed by atoms with E-state index in [1.807, 2.05) is 0 Å². The predicted octanol–water partition coefficient (Wildman–Crippen LogP) is -0.0556. The Morgan fingerprint density at radius 1 is 0.750 bits per heavy atom. The quantitative estimate of drug-likeness (QED) is 0.315. The van der Waals surface area contributed by atoms with Gasteiger partial charge in [-0.05, 0) is 6.42 Å². The molecule has 8 heteroatoms. The van der Waals surface area contributed by atoms with Crippen LogP contribution in [0.2, 0.25) is 0 Å². The average molecular weight is 350 g/mol. The third kappa shape index (κ3) is 19.3. The van der Waals surface area contributed by atoms with E-state index in [-0.39, 0.29) is 5.91 Å². The van der Waals surface area contributed by atoms with Crippen LogP contribution in [0.5, 0.6) is 0 Å². The number of amides is 1. The molecule has 0 rings (SSSR count). The molecule has 0 unspecified atom stereocenters. The summed E-state index contributed by atoms with van der Waals surface area (Å²) >= 11 is 0. The maximum atomic E-state index is 11.5. The molecule has 0 bridgehead atoms. The Morgan fingerprint density at radius 2 is 1.25 bits per heavy atom. The molecule has 0 fully saturated rings. The summed E-state index contributed by atoms with van der Waals surface area (Å²) in [5.41, 5.74) is 5.29. The molecule has 0 heterocycles. The van der Waals surface area contributed by atoms with E-state index >= 15 is 0 Å². The van der Waals surface area contributed by atoms with Gasteiger partial charge in [0.2, 0.25) is 5.91 Å². The highest BCUT2D eigenvalue weighted by atomic mass is 16.5. The summed E-state index contributed by atoms with van der Waals surface area (Å²) in [6.45, 7) is 8.40. The lowest BCUT2D eigenvalue weighted by atomic mass is 10.4. The van der Waals surface area contributed by atoms with Crippen molar-refractivity contribution < 1.29 is 28.5 Å². The lowest BCUT2D eigenvalue weighted by molar-refractivity contribution is -0.122. The number of nitrogens with one attached hydrogen (secondary N) is 1. The smallest absolute Gasteiger partial charge is 0.222 e. The second kappa shape index (κ2) is 20.3. The highest BCUT2D eigenvalue weighted by Gasteiger charge is 2.00. The van der Waals surface area contributed by atoms with Gasteiger partial charge < -0.3 is 34.7 Å². The minimum absolute atomic E-state index is 0.0404. The van der Waals surface area contributed by atoms with Gasteiger partial charge in [-0.1, -0.05) is 6.92 Å². The van der Waals surface area contributed by atoms with Crippen molar-refractivity contribution in [2.24, 2.45) is 5.73 Å². The molecule has 1 amide bonds. The van der Waals surface area contributed by atoms with Crippen LogP contribution in [0.15, 0.2) is 0 Å². The summed E-state index contributed by atoms with van der Waals surface area (Å²) in [5, 5.41) is 2.77. The average Bonchev–Trinajstić information content (AvgIpc) is 2.59. The van der Waals surface area contributed by atoms with Gasteiger partial charge in [0.25, 0.3) is 0 Å². The van der Waals surface area contributed by atoms with E-state index in [0.717, 1.165) is 13.0 Å². The molecule has 24 heavy (non-hydrogen) atoms. The molecule has 0 atom stereocenters. The summed E-state index contributed by atoms with van der Waals surface area (Å²) in [7, 11) is 0. The Bertz CT molecular complexity index is 269. The van der Waals surface area contributed by atoms with Gasteiger partial charge in [0.05, 0.1) is 59.5 Å². The van der Waals surface area contributed by atoms with Crippen molar-refractivity contribution in [2.45, 2.75) is 19.8 Å². The van der Waals surface area contributed by atoms with E-state index in [2.05, 4.69) is 12.2 Å². The highest BCUT2D eigenvalue weighted by molar-refractivity contribution is 5.75. The van der Waals surface area contributed by atoms with Crippen molar-refractivity contribution in [3.8, 4) is 0 Å². The fourth-order valence-corrected chi connectivity index (χ4v) is 1.61. The van der Waals surface area contributed by atoms with E-state index in [1.54, 1.807) is 0 Å². The number of hydrogen-bond acceptors (Lipinski definition) is 7. The van der Waals surface area contributed by atoms with Gasteiger partial charge in [-0.2, -0.15) is 0 Å². The van der Waals surface area contributed by atoms with Crippen molar-refractivity contribution >= 4 is 5.91 Å². The van der Waals surface area contributed by atoms with E-state index < -0.39 is 0 Å². The standard InChI is InChI=1S/C16H34N2O6/c1-2-6-20-10-11-21-7-3-16(19)18-5-9-23-13-15-24-14-12-22-8-4-17/h2-15,17H2,1H3,(H,18,19). The summed E-state index contributed by atoms with van der Waals surface area (Å²) in [6.07, 6.45) is 1.35. The minimum Gasteiger partial charge on any atom is -0.379 e. The van der Waals surface area contributed by atoms with E-state index in [0.29, 0.717) is 79.0 Å². The summed E-state index contributed by atoms with van der Waals surface area (Å²) in [4.78, 5) is 11.5. The van der Waals surface area contributed by atoms with Crippen LogP contribution in [0, 0.1) is 0 Å². The van der Waals surface area contributed by atoms with Gasteiger partial charge in [0.1, 0.15) is 0 Å². The van der Waals surface area contributed by atoms with Gasteiger partial charge in [-0.15, -0.1) is 0 Å². The lowest BCUT2D eigenvalue weighted by Crippen LogP contribution is -2.28. The first-order valence-electron chi connectivity index (χ1n) is 8.66. The van der Waals surface area contributed by atoms with Crippen LogP contribution in [0.3, 0.4) is 0 Å². The van der Waals surface area contributed by atoms with Crippen LogP contribution in [0.1, 0.15) is 19.8 Å². The molecule has 3 N–H and O–H groups in total. The molecule has 0 saturated heterocycles. The Labute approximate surface area is 145 Å². The van der Waals surface area contributed by atoms with Crippen molar-refractivity contribution in [3.05, 3.63) is 0 Å². The van der Waals surface area contributed by atoms with Crippen LogP contribution in [0.4, 0.5) is 0 Å². The summed E-state index contributed by atoms with van der Waals surface area (Å²) in [6, 6.07) is 0. The normalized spacial score (nSPS) is 10.9. The molecule has 0 saturated carbocycles. The zero-order valence-corrected chi connectivity index (χ0v) is 14.9. The van der Waals surface area contributed by atoms with E-state index in [4.69, 9.17) is 29.4 Å². The van der Waals surface area contributed by atoms with Crippen molar-refractivity contribution in [3.63, 3.8) is 0 Å². The number of rotatable bonds is 19. The van der Waals surface area contributed by atoms with Crippen LogP contribution < -0.4 is 11.1 Å². The maximum Gasteiger partial charge on any atom is 0.222 e. The molecule has 0 aliphatic rings. The Kier molecular flexibility index (Phi) is 19.6. The van der Waals surface area contributed by atoms with E-state index in [9.17, 15) is 4.79 Å². The molecule has 0 aromatic heterocycles. The Balaban J connectivity index is 3.12. The molecule has 0 aromatic rings. The number of hydrogen-bond donors (Lipinski definition) is 2. The van der Waals surface area contributed by atoms with Crippen LogP contribution in [-0.2, 0) is 28.5 Å². The second-order valence-electron chi connectivity index (χ2n) is 4.95. The fourth-order valence-electron chi connectivity index (χ4n) is 1.61. The first-order chi connectivity index (χ1) is 11.8. The molecule has 0 spiro atoms. The van der Waals surface area contributed by atoms with Crippen LogP contribution >= 0.6 is 0 Å². The number of ether oxygens (including phenoxy) is 5. The molecule has 8 nitrogen and oxygen atoms in total. The van der Waals surface area contributed by atoms with Gasteiger partial charge in [-0.3, -0.25) is 4.79 Å². The van der Waals surface area contributed by atoms with Gasteiger partial charge >= 0.3 is 0 Å². The minimum atomic E-state index is -0.0404. The summed E-state index contributed by atoms with van der Waals surface area (Å²) < 4.78 is 26.4. The molecular weight excluding hydrogens is 316 g/mol. The maximum absolute atomic E-state index is 11.5. The van der Waals surface area contributed by atoms with Crippen LogP contribution in [0.25, 0.3) is 0 Å². The molecule has 0 aromatic carbocycles. The molecule has 144 valence electrons. The third-order valence-electron chi connectivity index (χ3n) is 2.77. The van der Waals surface area contributed by atoms with Crippen molar-refractivity contribution in [2.75, 3.05) is 79.2 Å². The van der Waals surface area contributed by atoms with Crippen LogP contribution in [-0.4, -0.2) is 85.1 Å². The lowest BCUT2D eigenvalue weighted by Gasteiger charge is -2.08. The number of carbonyl (C=O) groups excluding carboxylic acids is 1. The van der Waals surface area contributed by atoms with E-state index in [1.165, 1.54) is 0 Å². The SMILES string of the molecule is CCCOCCOCCC(=O)NCCOCCOCCOCCN. The number of nitrogens with two attached hydrogens (primary N) is 1. The Hall–Kier alpha value is -0.770. The van der Waals surface area contributed by atoms with Crippen molar-refractivity contribution in [1.82, 2.24) is 5.32 Å². The zero-order chi connectivity index (χ0) is 17.7. The Morgan fingerprint density at radius 3 is 1.83 bits per heavy atom. The predicted molar refractivity (Wildman–Crippen MR) is 91.1 cm³/mol. The second-order valence-corrected chi connectivity index (χ2v) is 4.95. The molecular formula is C16H34N2O6. The molecule has 0 aliphatic carbocycles. The van der Waals surface area contributed by atoms with Gasteiger partial charge in [0.15, 0.2) is 0 Å². The molecule has 0 aliphatic heterocycles. The first-order valence-corrected chi connectivity index (χ1v) is 8.66. The summed E-state index contributed by atoms with van der Waals surface area (Å²) in [5.74, 6) is -0.0404. The van der Waals surface area contributed by atoms with Crippen molar-refractivity contribution in [1.29, 1.82) is 0 Å². The highest BCUT2D eigenvalue weighted by Crippen LogP contribution is 1.86. The number of carbonyl (C=O) groups is 1. The van der Waals surface area contributed by atoms with Gasteiger partial charge in [-0.25, -0.2) is 0 Å². The monoisotopic (exact) mass is 350 g/mol. The largest absolute Gasteiger partial charge is 0.379 e. The zero-order valence-electron chi connectivity index (χ0n) is 14.9.